The van der Waals surface area contributed by atoms with Gasteiger partial charge in [0.2, 0.25) is 5.91 Å². The predicted octanol–water partition coefficient (Wildman–Crippen LogP) is 5.67. The smallest absolute Gasteiger partial charge is 0.245 e. The van der Waals surface area contributed by atoms with E-state index in [-0.39, 0.29) is 55.7 Å². The molecule has 0 bridgehead atoms. The Morgan fingerprint density at radius 1 is 0.757 bits per heavy atom. The van der Waals surface area contributed by atoms with Crippen molar-refractivity contribution in [1.29, 1.82) is 0 Å². The van der Waals surface area contributed by atoms with Crippen LogP contribution in [0.25, 0.3) is 11.1 Å². The van der Waals surface area contributed by atoms with Gasteiger partial charge >= 0.3 is 0 Å². The van der Waals surface area contributed by atoms with Gasteiger partial charge in [-0.15, -0.1) is 0 Å². The maximum Gasteiger partial charge on any atom is 0.245 e. The Labute approximate surface area is 222 Å². The van der Waals surface area contributed by atoms with Gasteiger partial charge in [0.1, 0.15) is 13.2 Å². The molecule has 0 heterocycles. The number of ether oxygens (including phenoxy) is 2. The number of hydrogen-bond donors (Lipinski definition) is 1. The van der Waals surface area contributed by atoms with Crippen LogP contribution in [0.4, 0.5) is 0 Å². The van der Waals surface area contributed by atoms with Crippen LogP contribution in [0.1, 0.15) is 70.3 Å². The number of Topliss-reactive ketones (excluding diaryl/α,β-unsaturated/α-hetero) is 2. The van der Waals surface area contributed by atoms with Gasteiger partial charge < -0.3 is 14.8 Å². The molecule has 0 saturated carbocycles. The molecule has 6 heteroatoms. The summed E-state index contributed by atoms with van der Waals surface area (Å²) >= 11 is 0. The van der Waals surface area contributed by atoms with E-state index < -0.39 is 5.41 Å². The first-order valence-electron chi connectivity index (χ1n) is 13.0. The van der Waals surface area contributed by atoms with Crippen LogP contribution in [0.2, 0.25) is 0 Å². The van der Waals surface area contributed by atoms with Crippen molar-refractivity contribution in [2.24, 2.45) is 10.8 Å². The number of carbonyl (C=O) groups excluding carboxylic acids is 3. The van der Waals surface area contributed by atoms with Crippen LogP contribution in [0.15, 0.2) is 48.5 Å². The first-order valence-corrected chi connectivity index (χ1v) is 13.0. The largest absolute Gasteiger partial charge is 0.371 e. The molecule has 0 aliphatic carbocycles. The number of amides is 1. The fourth-order valence-electron chi connectivity index (χ4n) is 3.71. The van der Waals surface area contributed by atoms with Crippen molar-refractivity contribution < 1.29 is 23.9 Å². The van der Waals surface area contributed by atoms with E-state index >= 15 is 0 Å². The fraction of sp³-hybridized carbons (Fsp3) is 0.516. The second kappa shape index (κ2) is 14.2. The lowest BCUT2D eigenvalue weighted by molar-refractivity contribution is -0.128. The topological polar surface area (TPSA) is 81.7 Å². The third kappa shape index (κ3) is 11.8. The Hall–Kier alpha value is -2.83. The summed E-state index contributed by atoms with van der Waals surface area (Å²) in [6.45, 7) is 13.5. The van der Waals surface area contributed by atoms with E-state index in [2.05, 4.69) is 26.1 Å². The normalized spacial score (nSPS) is 11.8. The molecular weight excluding hydrogens is 466 g/mol. The highest BCUT2D eigenvalue weighted by Crippen LogP contribution is 2.25. The van der Waals surface area contributed by atoms with Gasteiger partial charge in [-0.2, -0.15) is 0 Å². The molecule has 0 aliphatic rings. The summed E-state index contributed by atoms with van der Waals surface area (Å²) in [7, 11) is 0. The molecule has 0 spiro atoms. The minimum Gasteiger partial charge on any atom is -0.371 e. The Morgan fingerprint density at radius 3 is 1.84 bits per heavy atom. The molecule has 0 radical (unpaired) electrons. The molecule has 1 amide bonds. The van der Waals surface area contributed by atoms with Crippen LogP contribution >= 0.6 is 0 Å². The van der Waals surface area contributed by atoms with Crippen molar-refractivity contribution in [3.05, 3.63) is 59.7 Å². The van der Waals surface area contributed by atoms with E-state index in [0.29, 0.717) is 12.1 Å². The molecule has 2 aromatic rings. The summed E-state index contributed by atoms with van der Waals surface area (Å²) < 4.78 is 10.7. The lowest BCUT2D eigenvalue weighted by Crippen LogP contribution is -2.29. The van der Waals surface area contributed by atoms with E-state index in [1.807, 2.05) is 69.3 Å². The number of rotatable bonds is 14. The van der Waals surface area contributed by atoms with E-state index in [1.165, 1.54) is 0 Å². The van der Waals surface area contributed by atoms with E-state index in [1.54, 1.807) is 0 Å². The van der Waals surface area contributed by atoms with Gasteiger partial charge in [0.05, 0.1) is 13.2 Å². The van der Waals surface area contributed by atoms with Gasteiger partial charge in [-0.25, -0.2) is 0 Å². The van der Waals surface area contributed by atoms with Crippen molar-refractivity contribution >= 4 is 17.5 Å². The lowest BCUT2D eigenvalue weighted by Gasteiger charge is -2.17. The first kappa shape index (κ1) is 30.4. The Bertz CT molecular complexity index is 1010. The zero-order chi connectivity index (χ0) is 27.5. The Balaban J connectivity index is 1.64. The van der Waals surface area contributed by atoms with Gasteiger partial charge in [0.15, 0.2) is 11.6 Å². The van der Waals surface area contributed by atoms with Gasteiger partial charge in [0.25, 0.3) is 0 Å². The first-order chi connectivity index (χ1) is 17.3. The van der Waals surface area contributed by atoms with Crippen LogP contribution in [0.3, 0.4) is 0 Å². The quantitative estimate of drug-likeness (QED) is 0.262. The molecule has 202 valence electrons. The van der Waals surface area contributed by atoms with Crippen molar-refractivity contribution in [3.63, 3.8) is 0 Å². The Kier molecular flexibility index (Phi) is 11.7. The van der Waals surface area contributed by atoms with Crippen molar-refractivity contribution in [2.75, 3.05) is 33.0 Å². The van der Waals surface area contributed by atoms with Crippen molar-refractivity contribution in [1.82, 2.24) is 5.32 Å². The number of carbonyl (C=O) groups is 3. The number of benzene rings is 2. The van der Waals surface area contributed by atoms with Crippen LogP contribution < -0.4 is 5.32 Å². The zero-order valence-electron chi connectivity index (χ0n) is 23.3. The highest BCUT2D eigenvalue weighted by molar-refractivity contribution is 6.00. The third-order valence-electron chi connectivity index (χ3n) is 5.81. The number of hydrogen-bond acceptors (Lipinski definition) is 5. The molecule has 2 aromatic carbocycles. The van der Waals surface area contributed by atoms with Gasteiger partial charge in [-0.3, -0.25) is 14.4 Å². The molecule has 37 heavy (non-hydrogen) atoms. The SMILES string of the molecule is CC(C)(C)CCCNC(=O)COCCOCC(=O)Cc1ccc(-c2ccc(C(=O)C(C)(C)C)cc2)cc1. The second-order valence-corrected chi connectivity index (χ2v) is 11.7. The van der Waals surface area contributed by atoms with E-state index in [9.17, 15) is 14.4 Å². The average Bonchev–Trinajstić information content (AvgIpc) is 2.83. The monoisotopic (exact) mass is 509 g/mol. The molecule has 1 N–H and O–H groups in total. The lowest BCUT2D eigenvalue weighted by atomic mass is 9.86. The van der Waals surface area contributed by atoms with Crippen molar-refractivity contribution in [2.45, 2.75) is 60.8 Å². The fourth-order valence-corrected chi connectivity index (χ4v) is 3.71. The maximum atomic E-state index is 12.4. The van der Waals surface area contributed by atoms with Crippen LogP contribution in [-0.2, 0) is 25.5 Å². The molecule has 0 atom stereocenters. The van der Waals surface area contributed by atoms with Crippen molar-refractivity contribution in [3.8, 4) is 11.1 Å². The summed E-state index contributed by atoms with van der Waals surface area (Å²) in [6.07, 6.45) is 2.28. The number of nitrogens with one attached hydrogen (secondary N) is 1. The van der Waals surface area contributed by atoms with Crippen LogP contribution in [-0.4, -0.2) is 50.4 Å². The molecule has 2 rings (SSSR count). The second-order valence-electron chi connectivity index (χ2n) is 11.7. The average molecular weight is 510 g/mol. The van der Waals surface area contributed by atoms with Crippen LogP contribution in [0.5, 0.6) is 0 Å². The standard InChI is InChI=1S/C31H43NO5/c1-30(2,3)16-7-17-32-28(34)22-37-19-18-36-21-27(33)20-23-8-10-24(11-9-23)25-12-14-26(15-13-25)29(35)31(4,5)6/h8-15H,7,16-22H2,1-6H3,(H,32,34). The van der Waals surface area contributed by atoms with Gasteiger partial charge in [-0.1, -0.05) is 90.1 Å². The highest BCUT2D eigenvalue weighted by atomic mass is 16.5. The summed E-state index contributed by atoms with van der Waals surface area (Å²) in [5.41, 5.74) is 3.52. The number of ketones is 2. The Morgan fingerprint density at radius 2 is 1.30 bits per heavy atom. The third-order valence-corrected chi connectivity index (χ3v) is 5.81. The van der Waals surface area contributed by atoms with E-state index in [0.717, 1.165) is 29.5 Å². The van der Waals surface area contributed by atoms with E-state index in [4.69, 9.17) is 9.47 Å². The van der Waals surface area contributed by atoms with Gasteiger partial charge in [0, 0.05) is 23.9 Å². The molecule has 6 nitrogen and oxygen atoms in total. The summed E-state index contributed by atoms with van der Waals surface area (Å²) in [6, 6.07) is 15.5. The molecule has 0 aliphatic heterocycles. The zero-order valence-corrected chi connectivity index (χ0v) is 23.3. The molecule has 0 fully saturated rings. The highest BCUT2D eigenvalue weighted by Gasteiger charge is 2.22. The minimum absolute atomic E-state index is 0.00516. The van der Waals surface area contributed by atoms with Gasteiger partial charge in [-0.05, 0) is 34.9 Å². The minimum atomic E-state index is -0.408. The van der Waals surface area contributed by atoms with Crippen LogP contribution in [0, 0.1) is 10.8 Å². The molecule has 0 unspecified atom stereocenters. The predicted molar refractivity (Wildman–Crippen MR) is 148 cm³/mol. The maximum absolute atomic E-state index is 12.4. The molecular formula is C31H43NO5. The summed E-state index contributed by atoms with van der Waals surface area (Å²) in [5, 5.41) is 2.85. The summed E-state index contributed by atoms with van der Waals surface area (Å²) in [4.78, 5) is 36.4. The molecule has 0 aromatic heterocycles. The summed E-state index contributed by atoms with van der Waals surface area (Å²) in [5.74, 6) is -0.0357. The molecule has 0 saturated heterocycles.